The fourth-order valence-corrected chi connectivity index (χ4v) is 4.31. The van der Waals surface area contributed by atoms with Gasteiger partial charge in [0.1, 0.15) is 0 Å². The van der Waals surface area contributed by atoms with Crippen LogP contribution in [0.5, 0.6) is 0 Å². The van der Waals surface area contributed by atoms with Crippen molar-refractivity contribution < 1.29 is 0 Å². The standard InChI is InChI=1S/C29H28N6O/c1-2-3-11-25-21-34(19-18-22-9-5-4-6-10-22)29(36)35(25)20-23-14-16-24(17-15-23)26-12-7-8-13-27(26)28-30-32-33-31-28/h3-17,21H,2,18-20H2,1H3,(H,30,31,32,33)/b11-3+. The van der Waals surface area contributed by atoms with Crippen molar-refractivity contribution in [3.8, 4) is 22.5 Å². The van der Waals surface area contributed by atoms with Gasteiger partial charge in [-0.05, 0) is 46.4 Å². The fraction of sp³-hybridized carbons (Fsp3) is 0.172. The van der Waals surface area contributed by atoms with E-state index in [1.807, 2.05) is 63.9 Å². The molecule has 0 fully saturated rings. The van der Waals surface area contributed by atoms with E-state index in [2.05, 4.69) is 70.0 Å². The van der Waals surface area contributed by atoms with Gasteiger partial charge in [0.25, 0.3) is 0 Å². The van der Waals surface area contributed by atoms with Crippen molar-refractivity contribution in [2.24, 2.45) is 0 Å². The second-order valence-electron chi connectivity index (χ2n) is 8.64. The first-order valence-corrected chi connectivity index (χ1v) is 12.2. The van der Waals surface area contributed by atoms with Gasteiger partial charge in [-0.25, -0.2) is 4.79 Å². The van der Waals surface area contributed by atoms with Crippen molar-refractivity contribution in [1.29, 1.82) is 0 Å². The summed E-state index contributed by atoms with van der Waals surface area (Å²) in [4.78, 5) is 13.3. The summed E-state index contributed by atoms with van der Waals surface area (Å²) in [5, 5.41) is 14.5. The van der Waals surface area contributed by atoms with Crippen LogP contribution in [0.25, 0.3) is 28.6 Å². The molecule has 0 amide bonds. The number of tetrazole rings is 1. The van der Waals surface area contributed by atoms with Crippen molar-refractivity contribution in [1.82, 2.24) is 29.8 Å². The maximum Gasteiger partial charge on any atom is 0.328 e. The molecular weight excluding hydrogens is 448 g/mol. The molecule has 0 aliphatic carbocycles. The molecule has 0 saturated heterocycles. The number of imidazole rings is 1. The van der Waals surface area contributed by atoms with Crippen LogP contribution in [-0.4, -0.2) is 29.8 Å². The zero-order valence-electron chi connectivity index (χ0n) is 20.2. The number of H-pyrrole nitrogens is 1. The third kappa shape index (κ3) is 5.10. The Bertz CT molecular complexity index is 1500. The summed E-state index contributed by atoms with van der Waals surface area (Å²) in [6.45, 7) is 3.25. The molecule has 3 aromatic carbocycles. The fourth-order valence-electron chi connectivity index (χ4n) is 4.31. The molecule has 0 aliphatic heterocycles. The van der Waals surface area contributed by atoms with Crippen molar-refractivity contribution >= 4 is 6.08 Å². The molecule has 0 radical (unpaired) electrons. The van der Waals surface area contributed by atoms with Crippen LogP contribution in [0.2, 0.25) is 0 Å². The Labute approximate surface area is 209 Å². The smallest absolute Gasteiger partial charge is 0.298 e. The lowest BCUT2D eigenvalue weighted by atomic mass is 9.98. The summed E-state index contributed by atoms with van der Waals surface area (Å²) in [6, 6.07) is 26.6. The highest BCUT2D eigenvalue weighted by molar-refractivity contribution is 5.80. The number of hydrogen-bond acceptors (Lipinski definition) is 4. The predicted molar refractivity (Wildman–Crippen MR) is 142 cm³/mol. The third-order valence-electron chi connectivity index (χ3n) is 6.20. The lowest BCUT2D eigenvalue weighted by Gasteiger charge is -2.09. The number of rotatable bonds is 9. The number of aromatic nitrogens is 6. The van der Waals surface area contributed by atoms with Gasteiger partial charge in [0.2, 0.25) is 5.82 Å². The number of allylic oxidation sites excluding steroid dienone is 1. The van der Waals surface area contributed by atoms with E-state index in [1.165, 1.54) is 5.56 Å². The highest BCUT2D eigenvalue weighted by Gasteiger charge is 2.13. The summed E-state index contributed by atoms with van der Waals surface area (Å²) in [5.74, 6) is 0.561. The quantitative estimate of drug-likeness (QED) is 0.317. The van der Waals surface area contributed by atoms with E-state index in [1.54, 1.807) is 0 Å². The van der Waals surface area contributed by atoms with E-state index in [4.69, 9.17) is 0 Å². The molecule has 36 heavy (non-hydrogen) atoms. The molecule has 0 unspecified atom stereocenters. The van der Waals surface area contributed by atoms with Crippen LogP contribution in [0.1, 0.15) is 30.2 Å². The number of benzene rings is 3. The minimum absolute atomic E-state index is 0.00760. The van der Waals surface area contributed by atoms with Crippen molar-refractivity contribution in [3.63, 3.8) is 0 Å². The first kappa shape index (κ1) is 23.2. The number of aromatic amines is 1. The Kier molecular flexibility index (Phi) is 6.98. The first-order valence-electron chi connectivity index (χ1n) is 12.2. The minimum Gasteiger partial charge on any atom is -0.298 e. The molecule has 0 spiro atoms. The number of aryl methyl sites for hydroxylation is 2. The van der Waals surface area contributed by atoms with Gasteiger partial charge < -0.3 is 0 Å². The molecule has 2 heterocycles. The number of nitrogens with one attached hydrogen (secondary N) is 1. The summed E-state index contributed by atoms with van der Waals surface area (Å²) in [5.41, 5.74) is 6.20. The molecule has 5 aromatic rings. The molecule has 7 nitrogen and oxygen atoms in total. The van der Waals surface area contributed by atoms with Crippen molar-refractivity contribution in [2.75, 3.05) is 0 Å². The van der Waals surface area contributed by atoms with E-state index in [0.29, 0.717) is 18.9 Å². The minimum atomic E-state index is 0.00760. The van der Waals surface area contributed by atoms with Crippen LogP contribution in [0.4, 0.5) is 0 Å². The molecule has 1 N–H and O–H groups in total. The molecule has 2 aromatic heterocycles. The zero-order chi connectivity index (χ0) is 24.7. The van der Waals surface area contributed by atoms with Crippen LogP contribution in [-0.2, 0) is 19.5 Å². The largest absolute Gasteiger partial charge is 0.328 e. The van der Waals surface area contributed by atoms with Gasteiger partial charge in [0, 0.05) is 18.3 Å². The topological polar surface area (TPSA) is 81.4 Å². The summed E-state index contributed by atoms with van der Waals surface area (Å²) in [7, 11) is 0. The van der Waals surface area contributed by atoms with E-state index < -0.39 is 0 Å². The summed E-state index contributed by atoms with van der Waals surface area (Å²) < 4.78 is 3.66. The third-order valence-corrected chi connectivity index (χ3v) is 6.20. The number of nitrogens with zero attached hydrogens (tertiary/aromatic N) is 5. The molecule has 180 valence electrons. The molecule has 5 rings (SSSR count). The normalized spacial score (nSPS) is 11.4. The molecule has 0 saturated carbocycles. The summed E-state index contributed by atoms with van der Waals surface area (Å²) >= 11 is 0. The Morgan fingerprint density at radius 2 is 1.64 bits per heavy atom. The highest BCUT2D eigenvalue weighted by Crippen LogP contribution is 2.29. The van der Waals surface area contributed by atoms with Crippen molar-refractivity contribution in [2.45, 2.75) is 32.9 Å². The average molecular weight is 477 g/mol. The van der Waals surface area contributed by atoms with Gasteiger partial charge in [-0.1, -0.05) is 91.9 Å². The second-order valence-corrected chi connectivity index (χ2v) is 8.64. The molecular formula is C29H28N6O. The van der Waals surface area contributed by atoms with Gasteiger partial charge >= 0.3 is 5.69 Å². The average Bonchev–Trinajstić information content (AvgIpc) is 3.56. The van der Waals surface area contributed by atoms with Gasteiger partial charge in [-0.2, -0.15) is 5.21 Å². The van der Waals surface area contributed by atoms with Crippen LogP contribution < -0.4 is 5.69 Å². The summed E-state index contributed by atoms with van der Waals surface area (Å²) in [6.07, 6.45) is 7.82. The SMILES string of the molecule is CC/C=C/c1cn(CCc2ccccc2)c(=O)n1Cc1ccc(-c2ccccc2-c2nn[nH]n2)cc1. The van der Waals surface area contributed by atoms with E-state index in [9.17, 15) is 4.79 Å². The van der Waals surface area contributed by atoms with Crippen LogP contribution >= 0.6 is 0 Å². The van der Waals surface area contributed by atoms with Gasteiger partial charge in [-0.3, -0.25) is 9.13 Å². The lowest BCUT2D eigenvalue weighted by Crippen LogP contribution is -2.25. The highest BCUT2D eigenvalue weighted by atomic mass is 16.1. The Morgan fingerprint density at radius 1 is 0.889 bits per heavy atom. The maximum atomic E-state index is 13.3. The number of hydrogen-bond donors (Lipinski definition) is 1. The Morgan fingerprint density at radius 3 is 2.36 bits per heavy atom. The lowest BCUT2D eigenvalue weighted by molar-refractivity contribution is 0.634. The van der Waals surface area contributed by atoms with E-state index in [0.717, 1.165) is 40.8 Å². The predicted octanol–water partition coefficient (Wildman–Crippen LogP) is 5.21. The van der Waals surface area contributed by atoms with Crippen molar-refractivity contribution in [3.05, 3.63) is 118 Å². The zero-order valence-corrected chi connectivity index (χ0v) is 20.2. The molecule has 0 aliphatic rings. The molecule has 0 atom stereocenters. The Hall–Kier alpha value is -4.52. The van der Waals surface area contributed by atoms with Crippen LogP contribution in [0, 0.1) is 0 Å². The van der Waals surface area contributed by atoms with Gasteiger partial charge in [0.05, 0.1) is 12.2 Å². The van der Waals surface area contributed by atoms with E-state index in [-0.39, 0.29) is 5.69 Å². The van der Waals surface area contributed by atoms with Crippen LogP contribution in [0.15, 0.2) is 95.9 Å². The van der Waals surface area contributed by atoms with E-state index >= 15 is 0 Å². The second kappa shape index (κ2) is 10.8. The first-order chi connectivity index (χ1) is 17.7. The maximum absolute atomic E-state index is 13.3. The van der Waals surface area contributed by atoms with Gasteiger partial charge in [0.15, 0.2) is 0 Å². The molecule has 0 bridgehead atoms. The van der Waals surface area contributed by atoms with Gasteiger partial charge in [-0.15, -0.1) is 10.2 Å². The van der Waals surface area contributed by atoms with Crippen LogP contribution in [0.3, 0.4) is 0 Å². The Balaban J connectivity index is 1.40. The monoisotopic (exact) mass is 476 g/mol. The molecule has 7 heteroatoms.